The van der Waals surface area contributed by atoms with E-state index in [4.69, 9.17) is 11.0 Å². The van der Waals surface area contributed by atoms with E-state index in [1.807, 2.05) is 24.3 Å². The van der Waals surface area contributed by atoms with E-state index in [2.05, 4.69) is 18.3 Å². The molecule has 1 aromatic carbocycles. The molecular weight excluding hydrogens is 186 g/mol. The highest BCUT2D eigenvalue weighted by Gasteiger charge is 2.01. The largest absolute Gasteiger partial charge is 0.384 e. The molecule has 0 bridgehead atoms. The van der Waals surface area contributed by atoms with Crippen molar-refractivity contribution in [1.82, 2.24) is 0 Å². The van der Waals surface area contributed by atoms with Crippen LogP contribution in [0.15, 0.2) is 24.3 Å². The molecule has 3 N–H and O–H groups in total. The van der Waals surface area contributed by atoms with E-state index in [1.165, 1.54) is 0 Å². The Balaban J connectivity index is 2.47. The summed E-state index contributed by atoms with van der Waals surface area (Å²) in [5, 5.41) is 12.1. The average Bonchev–Trinajstić information content (AvgIpc) is 2.29. The Morgan fingerprint density at radius 2 is 2.20 bits per heavy atom. The lowest BCUT2D eigenvalue weighted by Gasteiger charge is -2.11. The van der Waals surface area contributed by atoms with Gasteiger partial charge in [-0.3, -0.25) is 0 Å². The second-order valence-electron chi connectivity index (χ2n) is 3.71. The Morgan fingerprint density at radius 1 is 1.47 bits per heavy atom. The van der Waals surface area contributed by atoms with E-state index in [0.29, 0.717) is 18.0 Å². The van der Waals surface area contributed by atoms with E-state index in [0.717, 1.165) is 18.7 Å². The second kappa shape index (κ2) is 6.05. The van der Waals surface area contributed by atoms with Crippen LogP contribution in [0.1, 0.15) is 18.9 Å². The maximum absolute atomic E-state index is 8.86. The highest BCUT2D eigenvalue weighted by Crippen LogP contribution is 2.13. The first-order valence-corrected chi connectivity index (χ1v) is 5.21. The third kappa shape index (κ3) is 3.61. The SMILES string of the molecule is CC(CN)CCNc1ccccc1C#N. The molecular formula is C12H17N3. The summed E-state index contributed by atoms with van der Waals surface area (Å²) >= 11 is 0. The van der Waals surface area contributed by atoms with Crippen LogP contribution in [0.4, 0.5) is 5.69 Å². The van der Waals surface area contributed by atoms with Crippen LogP contribution in [0.25, 0.3) is 0 Å². The zero-order valence-electron chi connectivity index (χ0n) is 9.03. The average molecular weight is 203 g/mol. The standard InChI is InChI=1S/C12H17N3/c1-10(8-13)6-7-15-12-5-3-2-4-11(12)9-14/h2-5,10,15H,6-8,13H2,1H3. The highest BCUT2D eigenvalue weighted by molar-refractivity contribution is 5.56. The molecule has 0 spiro atoms. The van der Waals surface area contributed by atoms with Gasteiger partial charge in [0.15, 0.2) is 0 Å². The van der Waals surface area contributed by atoms with Gasteiger partial charge in [0.05, 0.1) is 11.3 Å². The molecule has 1 unspecified atom stereocenters. The highest BCUT2D eigenvalue weighted by atomic mass is 14.9. The number of anilines is 1. The van der Waals surface area contributed by atoms with Crippen LogP contribution in [0.5, 0.6) is 0 Å². The number of hydrogen-bond acceptors (Lipinski definition) is 3. The Hall–Kier alpha value is -1.53. The molecule has 0 aliphatic rings. The summed E-state index contributed by atoms with van der Waals surface area (Å²) in [6.45, 7) is 3.69. The first-order valence-electron chi connectivity index (χ1n) is 5.21. The first-order chi connectivity index (χ1) is 7.27. The molecule has 1 aromatic rings. The van der Waals surface area contributed by atoms with Crippen molar-refractivity contribution in [3.8, 4) is 6.07 Å². The molecule has 0 saturated heterocycles. The van der Waals surface area contributed by atoms with Crippen LogP contribution in [-0.2, 0) is 0 Å². The minimum atomic E-state index is 0.520. The minimum absolute atomic E-state index is 0.520. The van der Waals surface area contributed by atoms with Gasteiger partial charge in [-0.1, -0.05) is 19.1 Å². The Kier molecular flexibility index (Phi) is 4.65. The number of benzene rings is 1. The quantitative estimate of drug-likeness (QED) is 0.769. The zero-order valence-corrected chi connectivity index (χ0v) is 9.03. The first kappa shape index (κ1) is 11.5. The van der Waals surface area contributed by atoms with E-state index >= 15 is 0 Å². The van der Waals surface area contributed by atoms with Crippen molar-refractivity contribution in [2.45, 2.75) is 13.3 Å². The van der Waals surface area contributed by atoms with Gasteiger partial charge in [0.2, 0.25) is 0 Å². The van der Waals surface area contributed by atoms with E-state index in [-0.39, 0.29) is 0 Å². The van der Waals surface area contributed by atoms with Crippen LogP contribution in [-0.4, -0.2) is 13.1 Å². The molecule has 0 amide bonds. The number of rotatable bonds is 5. The van der Waals surface area contributed by atoms with Gasteiger partial charge in [0, 0.05) is 6.54 Å². The molecule has 15 heavy (non-hydrogen) atoms. The number of para-hydroxylation sites is 1. The molecule has 80 valence electrons. The van der Waals surface area contributed by atoms with Crippen LogP contribution >= 0.6 is 0 Å². The van der Waals surface area contributed by atoms with Gasteiger partial charge in [0.1, 0.15) is 6.07 Å². The van der Waals surface area contributed by atoms with Gasteiger partial charge in [-0.2, -0.15) is 5.26 Å². The summed E-state index contributed by atoms with van der Waals surface area (Å²) in [5.41, 5.74) is 7.13. The Morgan fingerprint density at radius 3 is 2.87 bits per heavy atom. The number of nitriles is 1. The van der Waals surface area contributed by atoms with Crippen LogP contribution in [0.3, 0.4) is 0 Å². The monoisotopic (exact) mass is 203 g/mol. The normalized spacial score (nSPS) is 11.8. The van der Waals surface area contributed by atoms with Crippen molar-refractivity contribution in [2.75, 3.05) is 18.4 Å². The van der Waals surface area contributed by atoms with Crippen molar-refractivity contribution in [3.63, 3.8) is 0 Å². The molecule has 3 nitrogen and oxygen atoms in total. The number of hydrogen-bond donors (Lipinski definition) is 2. The third-order valence-electron chi connectivity index (χ3n) is 2.40. The van der Waals surface area contributed by atoms with Crippen molar-refractivity contribution in [1.29, 1.82) is 5.26 Å². The van der Waals surface area contributed by atoms with E-state index in [1.54, 1.807) is 0 Å². The van der Waals surface area contributed by atoms with Gasteiger partial charge in [-0.25, -0.2) is 0 Å². The molecule has 0 saturated carbocycles. The molecule has 1 rings (SSSR count). The summed E-state index contributed by atoms with van der Waals surface area (Å²) in [6.07, 6.45) is 1.02. The summed E-state index contributed by atoms with van der Waals surface area (Å²) in [4.78, 5) is 0. The summed E-state index contributed by atoms with van der Waals surface area (Å²) < 4.78 is 0. The predicted octanol–water partition coefficient (Wildman–Crippen LogP) is 1.96. The third-order valence-corrected chi connectivity index (χ3v) is 2.40. The lowest BCUT2D eigenvalue weighted by molar-refractivity contribution is 0.561. The maximum atomic E-state index is 8.86. The van der Waals surface area contributed by atoms with E-state index in [9.17, 15) is 0 Å². The lowest BCUT2D eigenvalue weighted by atomic mass is 10.1. The molecule has 0 radical (unpaired) electrons. The van der Waals surface area contributed by atoms with Gasteiger partial charge in [-0.15, -0.1) is 0 Å². The lowest BCUT2D eigenvalue weighted by Crippen LogP contribution is -2.15. The van der Waals surface area contributed by atoms with E-state index < -0.39 is 0 Å². The van der Waals surface area contributed by atoms with Crippen LogP contribution < -0.4 is 11.1 Å². The van der Waals surface area contributed by atoms with Crippen molar-refractivity contribution >= 4 is 5.69 Å². The van der Waals surface area contributed by atoms with Gasteiger partial charge in [0.25, 0.3) is 0 Å². The summed E-state index contributed by atoms with van der Waals surface area (Å²) in [5.74, 6) is 0.520. The number of nitrogens with two attached hydrogens (primary N) is 1. The topological polar surface area (TPSA) is 61.8 Å². The fourth-order valence-corrected chi connectivity index (χ4v) is 1.31. The molecule has 0 heterocycles. The van der Waals surface area contributed by atoms with Crippen molar-refractivity contribution in [2.24, 2.45) is 11.7 Å². The molecule has 1 atom stereocenters. The van der Waals surface area contributed by atoms with Gasteiger partial charge >= 0.3 is 0 Å². The molecule has 0 aliphatic heterocycles. The summed E-state index contributed by atoms with van der Waals surface area (Å²) in [6, 6.07) is 9.69. The Bertz CT molecular complexity index is 341. The number of nitrogens with one attached hydrogen (secondary N) is 1. The molecule has 3 heteroatoms. The summed E-state index contributed by atoms with van der Waals surface area (Å²) in [7, 11) is 0. The minimum Gasteiger partial charge on any atom is -0.384 e. The van der Waals surface area contributed by atoms with Crippen molar-refractivity contribution < 1.29 is 0 Å². The smallest absolute Gasteiger partial charge is 0.101 e. The van der Waals surface area contributed by atoms with Crippen LogP contribution in [0, 0.1) is 17.2 Å². The van der Waals surface area contributed by atoms with Gasteiger partial charge < -0.3 is 11.1 Å². The number of nitrogens with zero attached hydrogens (tertiary/aromatic N) is 1. The maximum Gasteiger partial charge on any atom is 0.101 e. The molecule has 0 fully saturated rings. The van der Waals surface area contributed by atoms with Gasteiger partial charge in [-0.05, 0) is 31.0 Å². The second-order valence-corrected chi connectivity index (χ2v) is 3.71. The predicted molar refractivity (Wildman–Crippen MR) is 62.5 cm³/mol. The molecule has 0 aromatic heterocycles. The fourth-order valence-electron chi connectivity index (χ4n) is 1.31. The fraction of sp³-hybridized carbons (Fsp3) is 0.417. The Labute approximate surface area is 90.9 Å². The van der Waals surface area contributed by atoms with Crippen molar-refractivity contribution in [3.05, 3.63) is 29.8 Å². The molecule has 0 aliphatic carbocycles. The zero-order chi connectivity index (χ0) is 11.1. The van der Waals surface area contributed by atoms with Crippen LogP contribution in [0.2, 0.25) is 0 Å².